The second-order valence-corrected chi connectivity index (χ2v) is 17.2. The molecule has 0 radical (unpaired) electrons. The highest BCUT2D eigenvalue weighted by atomic mass is 15.1. The van der Waals surface area contributed by atoms with Crippen molar-refractivity contribution in [1.82, 2.24) is 9.13 Å². The fourth-order valence-electron chi connectivity index (χ4n) is 9.70. The van der Waals surface area contributed by atoms with E-state index in [0.29, 0.717) is 0 Å². The van der Waals surface area contributed by atoms with Gasteiger partial charge in [-0.05, 0) is 120 Å². The summed E-state index contributed by atoms with van der Waals surface area (Å²) in [5.41, 5.74) is 19.3. The van der Waals surface area contributed by atoms with Gasteiger partial charge in [-0.25, -0.2) is 0 Å². The number of aryl methyl sites for hydroxylation is 1. The van der Waals surface area contributed by atoms with E-state index in [0.717, 1.165) is 32.1 Å². The van der Waals surface area contributed by atoms with Crippen molar-refractivity contribution in [2.45, 2.75) is 97.1 Å². The van der Waals surface area contributed by atoms with Crippen molar-refractivity contribution in [1.29, 1.82) is 0 Å². The Labute approximate surface area is 304 Å². The van der Waals surface area contributed by atoms with Gasteiger partial charge < -0.3 is 9.13 Å². The molecule has 5 aromatic rings. The van der Waals surface area contributed by atoms with Crippen LogP contribution >= 0.6 is 0 Å². The highest BCUT2D eigenvalue weighted by Gasteiger charge is 2.41. The Balaban J connectivity index is 1.16. The summed E-state index contributed by atoms with van der Waals surface area (Å²) < 4.78 is 5.32. The molecule has 2 heteroatoms. The van der Waals surface area contributed by atoms with Gasteiger partial charge in [0.2, 0.25) is 0 Å². The average molecular weight is 667 g/mol. The van der Waals surface area contributed by atoms with Crippen molar-refractivity contribution >= 4 is 28.1 Å². The quantitative estimate of drug-likeness (QED) is 0.181. The van der Waals surface area contributed by atoms with Crippen LogP contribution in [0.5, 0.6) is 0 Å². The van der Waals surface area contributed by atoms with Gasteiger partial charge >= 0.3 is 0 Å². The molecular formula is C49H50N2. The first kappa shape index (κ1) is 32.1. The summed E-state index contributed by atoms with van der Waals surface area (Å²) in [5.74, 6) is 0. The number of para-hydroxylation sites is 1. The molecular weight excluding hydrogens is 617 g/mol. The summed E-state index contributed by atoms with van der Waals surface area (Å²) in [7, 11) is 0. The van der Waals surface area contributed by atoms with E-state index in [1.54, 1.807) is 11.1 Å². The number of hydrogen-bond acceptors (Lipinski definition) is 0. The van der Waals surface area contributed by atoms with E-state index in [-0.39, 0.29) is 16.5 Å². The van der Waals surface area contributed by atoms with Crippen LogP contribution in [0.1, 0.15) is 106 Å². The minimum absolute atomic E-state index is 0.0631. The van der Waals surface area contributed by atoms with E-state index in [4.69, 9.17) is 0 Å². The van der Waals surface area contributed by atoms with Crippen LogP contribution in [-0.4, -0.2) is 9.13 Å². The van der Waals surface area contributed by atoms with Gasteiger partial charge in [-0.1, -0.05) is 115 Å². The molecule has 4 aliphatic rings. The highest BCUT2D eigenvalue weighted by Crippen LogP contribution is 2.52. The molecule has 0 amide bonds. The minimum atomic E-state index is -0.161. The number of fused-ring (bicyclic) bond motifs is 7. The fraction of sp³-hybridized carbons (Fsp3) is 0.306. The van der Waals surface area contributed by atoms with Gasteiger partial charge in [0.1, 0.15) is 0 Å². The first-order chi connectivity index (χ1) is 24.5. The van der Waals surface area contributed by atoms with Crippen molar-refractivity contribution in [3.8, 4) is 11.1 Å². The third-order valence-corrected chi connectivity index (χ3v) is 11.7. The molecule has 2 aromatic heterocycles. The zero-order valence-electron chi connectivity index (χ0n) is 31.4. The van der Waals surface area contributed by atoms with Crippen LogP contribution in [0.4, 0.5) is 0 Å². The summed E-state index contributed by atoms with van der Waals surface area (Å²) in [6.45, 7) is 16.4. The molecule has 1 atom stereocenters. The van der Waals surface area contributed by atoms with Crippen molar-refractivity contribution in [3.63, 3.8) is 0 Å². The van der Waals surface area contributed by atoms with Crippen molar-refractivity contribution in [2.75, 3.05) is 0 Å². The molecule has 1 unspecified atom stereocenters. The second kappa shape index (κ2) is 11.3. The topological polar surface area (TPSA) is 9.86 Å². The Morgan fingerprint density at radius 3 is 1.94 bits per heavy atom. The van der Waals surface area contributed by atoms with Crippen LogP contribution in [0.3, 0.4) is 0 Å². The summed E-state index contributed by atoms with van der Waals surface area (Å²) >= 11 is 0. The van der Waals surface area contributed by atoms with Crippen molar-refractivity contribution in [2.24, 2.45) is 0 Å². The summed E-state index contributed by atoms with van der Waals surface area (Å²) in [5, 5.41) is 1.37. The van der Waals surface area contributed by atoms with Gasteiger partial charge in [-0.3, -0.25) is 0 Å². The Morgan fingerprint density at radius 2 is 1.27 bits per heavy atom. The molecule has 2 nitrogen and oxygen atoms in total. The number of aromatic nitrogens is 2. The van der Waals surface area contributed by atoms with E-state index >= 15 is 0 Å². The molecule has 4 aliphatic carbocycles. The van der Waals surface area contributed by atoms with Crippen LogP contribution in [0.15, 0.2) is 115 Å². The number of hydrogen-bond donors (Lipinski definition) is 0. The van der Waals surface area contributed by atoms with Crippen molar-refractivity contribution in [3.05, 3.63) is 160 Å². The molecule has 0 saturated carbocycles. The Morgan fingerprint density at radius 1 is 0.627 bits per heavy atom. The minimum Gasteiger partial charge on any atom is -0.335 e. The average Bonchev–Trinajstić information content (AvgIpc) is 3.77. The van der Waals surface area contributed by atoms with Crippen LogP contribution in [0.25, 0.3) is 39.3 Å². The maximum atomic E-state index is 2.71. The highest BCUT2D eigenvalue weighted by molar-refractivity contribution is 6.02. The Bertz CT molecular complexity index is 2400. The lowest BCUT2D eigenvalue weighted by atomic mass is 9.74. The molecule has 1 spiro atoms. The normalized spacial score (nSPS) is 19.5. The lowest BCUT2D eigenvalue weighted by Crippen LogP contribution is -2.27. The van der Waals surface area contributed by atoms with Crippen LogP contribution in [-0.2, 0) is 29.3 Å². The molecule has 256 valence electrons. The van der Waals surface area contributed by atoms with Gasteiger partial charge in [0.05, 0.1) is 16.9 Å². The Kier molecular flexibility index (Phi) is 7.14. The summed E-state index contributed by atoms with van der Waals surface area (Å²) in [6.07, 6.45) is 22.9. The van der Waals surface area contributed by atoms with Crippen LogP contribution in [0, 0.1) is 6.92 Å². The summed E-state index contributed by atoms with van der Waals surface area (Å²) in [4.78, 5) is 0. The zero-order valence-corrected chi connectivity index (χ0v) is 31.4. The maximum absolute atomic E-state index is 2.71. The number of nitrogens with zero attached hydrogens (tertiary/aromatic N) is 2. The lowest BCUT2D eigenvalue weighted by molar-refractivity contribution is 0.390. The van der Waals surface area contributed by atoms with E-state index in [2.05, 4.69) is 173 Å². The number of allylic oxidation sites excluding steroid dienone is 8. The van der Waals surface area contributed by atoms with E-state index in [9.17, 15) is 0 Å². The van der Waals surface area contributed by atoms with Gasteiger partial charge in [-0.2, -0.15) is 0 Å². The molecule has 0 saturated heterocycles. The van der Waals surface area contributed by atoms with Gasteiger partial charge in [0.25, 0.3) is 0 Å². The standard InChI is InChI=1S/C49H50N2/c1-32-15-11-18-35(31-32)38-21-14-24-41-43-42(50(46(38)41)47(2,3)4)27-30-49(43)28-25-34(26-29-49)37-20-13-23-40-39-22-12-19-36(33-16-9-8-10-17-33)44(39)51(45(37)40)48(5,6)7/h8-11,14-21,24-28,30-31H,12-13,22-23,29H2,1-7H3. The molecule has 0 aliphatic heterocycles. The SMILES string of the molecule is Cc1cccc(-c2cccc3c4c(n(C(C)(C)C)c23)C=CC42C=CC(C3=CCCc4c5c(n(C(C)(C)C)c43)C(c3ccccc3)=CCC5)=CC2)c1. The molecule has 9 rings (SSSR count). The second-order valence-electron chi connectivity index (χ2n) is 17.2. The van der Waals surface area contributed by atoms with E-state index in [1.807, 2.05) is 0 Å². The molecule has 0 fully saturated rings. The van der Waals surface area contributed by atoms with Gasteiger partial charge in [-0.15, -0.1) is 0 Å². The number of rotatable bonds is 3. The van der Waals surface area contributed by atoms with Gasteiger partial charge in [0, 0.05) is 44.3 Å². The maximum Gasteiger partial charge on any atom is 0.0573 e. The lowest BCUT2D eigenvalue weighted by Gasteiger charge is -2.33. The number of benzene rings is 3. The third-order valence-electron chi connectivity index (χ3n) is 11.7. The third kappa shape index (κ3) is 4.90. The van der Waals surface area contributed by atoms with Crippen LogP contribution in [0.2, 0.25) is 0 Å². The van der Waals surface area contributed by atoms with E-state index in [1.165, 1.54) is 72.5 Å². The molecule has 3 aromatic carbocycles. The predicted octanol–water partition coefficient (Wildman–Crippen LogP) is 12.5. The fourth-order valence-corrected chi connectivity index (χ4v) is 9.70. The predicted molar refractivity (Wildman–Crippen MR) is 217 cm³/mol. The zero-order chi connectivity index (χ0) is 35.3. The van der Waals surface area contributed by atoms with Crippen molar-refractivity contribution < 1.29 is 0 Å². The first-order valence-corrected chi connectivity index (χ1v) is 19.0. The van der Waals surface area contributed by atoms with E-state index < -0.39 is 0 Å². The largest absolute Gasteiger partial charge is 0.335 e. The molecule has 0 N–H and O–H groups in total. The first-order valence-electron chi connectivity index (χ1n) is 19.0. The molecule has 51 heavy (non-hydrogen) atoms. The molecule has 2 heterocycles. The monoisotopic (exact) mass is 666 g/mol. The molecule has 0 bridgehead atoms. The summed E-state index contributed by atoms with van der Waals surface area (Å²) in [6, 6.07) is 27.0. The van der Waals surface area contributed by atoms with Crippen LogP contribution < -0.4 is 0 Å². The Hall–Kier alpha value is -4.82. The smallest absolute Gasteiger partial charge is 0.0573 e. The van der Waals surface area contributed by atoms with Gasteiger partial charge in [0.15, 0.2) is 0 Å².